The average Bonchev–Trinajstić information content (AvgIpc) is 3.14. The first-order valence-electron chi connectivity index (χ1n) is 6.67. The number of aromatic nitrogens is 1. The van der Waals surface area contributed by atoms with Crippen LogP contribution in [-0.4, -0.2) is 43.6 Å². The van der Waals surface area contributed by atoms with E-state index in [4.69, 9.17) is 4.74 Å². The van der Waals surface area contributed by atoms with Crippen molar-refractivity contribution in [2.75, 3.05) is 26.8 Å². The highest BCUT2D eigenvalue weighted by atomic mass is 32.1. The first-order chi connectivity index (χ1) is 10.6. The Balaban J connectivity index is 1.91. The Kier molecular flexibility index (Phi) is 6.05. The second kappa shape index (κ2) is 8.02. The van der Waals surface area contributed by atoms with E-state index in [0.717, 1.165) is 9.88 Å². The van der Waals surface area contributed by atoms with Crippen molar-refractivity contribution in [2.24, 2.45) is 0 Å². The number of aryl methyl sites for hydroxylation is 1. The zero-order chi connectivity index (χ0) is 15.9. The zero-order valence-corrected chi connectivity index (χ0v) is 14.0. The van der Waals surface area contributed by atoms with Gasteiger partial charge in [-0.3, -0.25) is 9.59 Å². The van der Waals surface area contributed by atoms with E-state index >= 15 is 0 Å². The molecule has 8 heteroatoms. The first kappa shape index (κ1) is 16.6. The number of carbonyl (C=O) groups is 2. The number of rotatable bonds is 7. The molecule has 2 heterocycles. The molecule has 0 aromatic carbocycles. The predicted molar refractivity (Wildman–Crippen MR) is 87.4 cm³/mol. The van der Waals surface area contributed by atoms with Crippen LogP contribution in [-0.2, 0) is 9.53 Å². The minimum Gasteiger partial charge on any atom is -0.383 e. The molecule has 22 heavy (non-hydrogen) atoms. The average molecular weight is 339 g/mol. The third kappa shape index (κ3) is 4.36. The maximum Gasteiger partial charge on any atom is 0.263 e. The highest BCUT2D eigenvalue weighted by Gasteiger charge is 2.17. The minimum atomic E-state index is -0.278. The molecule has 2 amide bonds. The normalized spacial score (nSPS) is 10.5. The lowest BCUT2D eigenvalue weighted by Gasteiger charge is -2.05. The van der Waals surface area contributed by atoms with Crippen molar-refractivity contribution in [1.82, 2.24) is 15.6 Å². The topological polar surface area (TPSA) is 80.3 Å². The molecule has 2 aromatic rings. The highest BCUT2D eigenvalue weighted by Crippen LogP contribution is 2.30. The summed E-state index contributed by atoms with van der Waals surface area (Å²) in [6.45, 7) is 2.60. The van der Waals surface area contributed by atoms with Gasteiger partial charge in [0.25, 0.3) is 5.91 Å². The SMILES string of the molecule is COCCNC(=O)CNC(=O)c1sc(-c2cccs2)nc1C. The second-order valence-corrected chi connectivity index (χ2v) is 6.38. The fourth-order valence-corrected chi connectivity index (χ4v) is 3.49. The lowest BCUT2D eigenvalue weighted by atomic mass is 10.3. The lowest BCUT2D eigenvalue weighted by Crippen LogP contribution is -2.38. The van der Waals surface area contributed by atoms with Gasteiger partial charge in [-0.05, 0) is 18.4 Å². The lowest BCUT2D eigenvalue weighted by molar-refractivity contribution is -0.120. The molecule has 118 valence electrons. The Hall–Kier alpha value is -1.77. The smallest absolute Gasteiger partial charge is 0.263 e. The maximum absolute atomic E-state index is 12.1. The summed E-state index contributed by atoms with van der Waals surface area (Å²) in [4.78, 5) is 29.7. The van der Waals surface area contributed by atoms with E-state index in [1.807, 2.05) is 17.5 Å². The molecule has 0 aliphatic carbocycles. The summed E-state index contributed by atoms with van der Waals surface area (Å²) >= 11 is 2.91. The molecule has 0 atom stereocenters. The maximum atomic E-state index is 12.1. The van der Waals surface area contributed by atoms with Crippen molar-refractivity contribution in [3.05, 3.63) is 28.1 Å². The summed E-state index contributed by atoms with van der Waals surface area (Å²) in [6, 6.07) is 3.91. The molecule has 0 bridgehead atoms. The number of methoxy groups -OCH3 is 1. The molecule has 0 saturated carbocycles. The van der Waals surface area contributed by atoms with Gasteiger partial charge in [-0.15, -0.1) is 22.7 Å². The minimum absolute atomic E-state index is 0.0613. The predicted octanol–water partition coefficient (Wildman–Crippen LogP) is 1.67. The van der Waals surface area contributed by atoms with Gasteiger partial charge >= 0.3 is 0 Å². The molecule has 0 aliphatic rings. The van der Waals surface area contributed by atoms with Crippen LogP contribution in [0.15, 0.2) is 17.5 Å². The summed E-state index contributed by atoms with van der Waals surface area (Å²) in [5.74, 6) is -0.522. The number of carbonyl (C=O) groups excluding carboxylic acids is 2. The molecule has 0 aliphatic heterocycles. The number of ether oxygens (including phenoxy) is 1. The summed E-state index contributed by atoms with van der Waals surface area (Å²) in [5.41, 5.74) is 0.672. The van der Waals surface area contributed by atoms with Crippen LogP contribution in [0.5, 0.6) is 0 Å². The van der Waals surface area contributed by atoms with Gasteiger partial charge < -0.3 is 15.4 Å². The number of nitrogens with zero attached hydrogens (tertiary/aromatic N) is 1. The third-order valence-electron chi connectivity index (χ3n) is 2.77. The van der Waals surface area contributed by atoms with Crippen LogP contribution in [0.4, 0.5) is 0 Å². The van der Waals surface area contributed by atoms with Crippen LogP contribution in [0.25, 0.3) is 9.88 Å². The van der Waals surface area contributed by atoms with Crippen LogP contribution in [0.1, 0.15) is 15.4 Å². The molecular weight excluding hydrogens is 322 g/mol. The van der Waals surface area contributed by atoms with Gasteiger partial charge in [-0.1, -0.05) is 6.07 Å². The summed E-state index contributed by atoms with van der Waals surface area (Å²) in [7, 11) is 1.56. The van der Waals surface area contributed by atoms with Gasteiger partial charge in [0.1, 0.15) is 9.88 Å². The molecular formula is C14H17N3O3S2. The third-order valence-corrected chi connectivity index (χ3v) is 4.97. The van der Waals surface area contributed by atoms with Crippen molar-refractivity contribution >= 4 is 34.5 Å². The van der Waals surface area contributed by atoms with Gasteiger partial charge in [0.2, 0.25) is 5.91 Å². The van der Waals surface area contributed by atoms with E-state index in [0.29, 0.717) is 23.7 Å². The molecule has 0 fully saturated rings. The zero-order valence-electron chi connectivity index (χ0n) is 12.3. The van der Waals surface area contributed by atoms with Crippen LogP contribution < -0.4 is 10.6 Å². The number of thiophene rings is 1. The second-order valence-electron chi connectivity index (χ2n) is 4.44. The Morgan fingerprint density at radius 1 is 1.36 bits per heavy atom. The number of hydrogen-bond donors (Lipinski definition) is 2. The van der Waals surface area contributed by atoms with E-state index < -0.39 is 0 Å². The standard InChI is InChI=1S/C14H17N3O3S2/c1-9-12(22-14(17-9)10-4-3-7-21-10)13(19)16-8-11(18)15-5-6-20-2/h3-4,7H,5-6,8H2,1-2H3,(H,15,18)(H,16,19). The van der Waals surface area contributed by atoms with Crippen molar-refractivity contribution in [3.8, 4) is 9.88 Å². The number of amides is 2. The van der Waals surface area contributed by atoms with Gasteiger partial charge in [0.15, 0.2) is 0 Å². The van der Waals surface area contributed by atoms with Crippen molar-refractivity contribution in [1.29, 1.82) is 0 Å². The summed E-state index contributed by atoms with van der Waals surface area (Å²) in [5, 5.41) is 8.04. The monoisotopic (exact) mass is 339 g/mol. The number of hydrogen-bond acceptors (Lipinski definition) is 6. The summed E-state index contributed by atoms with van der Waals surface area (Å²) < 4.78 is 4.83. The van der Waals surface area contributed by atoms with Gasteiger partial charge in [0.05, 0.1) is 23.7 Å². The Labute approximate surface area is 136 Å². The van der Waals surface area contributed by atoms with Crippen LogP contribution in [0.3, 0.4) is 0 Å². The molecule has 2 aromatic heterocycles. The van der Waals surface area contributed by atoms with E-state index in [1.165, 1.54) is 11.3 Å². The van der Waals surface area contributed by atoms with E-state index in [-0.39, 0.29) is 18.4 Å². The van der Waals surface area contributed by atoms with Gasteiger partial charge in [-0.25, -0.2) is 4.98 Å². The molecule has 0 spiro atoms. The van der Waals surface area contributed by atoms with Crippen LogP contribution in [0.2, 0.25) is 0 Å². The Morgan fingerprint density at radius 2 is 2.18 bits per heavy atom. The number of thiazole rings is 1. The fraction of sp³-hybridized carbons (Fsp3) is 0.357. The van der Waals surface area contributed by atoms with Crippen LogP contribution >= 0.6 is 22.7 Å². The largest absolute Gasteiger partial charge is 0.383 e. The first-order valence-corrected chi connectivity index (χ1v) is 8.36. The molecule has 2 N–H and O–H groups in total. The highest BCUT2D eigenvalue weighted by molar-refractivity contribution is 7.22. The quantitative estimate of drug-likeness (QED) is 0.752. The van der Waals surface area contributed by atoms with Crippen molar-refractivity contribution < 1.29 is 14.3 Å². The van der Waals surface area contributed by atoms with Gasteiger partial charge in [0, 0.05) is 13.7 Å². The van der Waals surface area contributed by atoms with Gasteiger partial charge in [-0.2, -0.15) is 0 Å². The van der Waals surface area contributed by atoms with E-state index in [9.17, 15) is 9.59 Å². The van der Waals surface area contributed by atoms with E-state index in [1.54, 1.807) is 25.4 Å². The molecule has 0 radical (unpaired) electrons. The molecule has 0 saturated heterocycles. The van der Waals surface area contributed by atoms with Crippen LogP contribution in [0, 0.1) is 6.92 Å². The Morgan fingerprint density at radius 3 is 2.86 bits per heavy atom. The van der Waals surface area contributed by atoms with Crippen molar-refractivity contribution in [2.45, 2.75) is 6.92 Å². The molecule has 0 unspecified atom stereocenters. The molecule has 6 nitrogen and oxygen atoms in total. The Bertz CT molecular complexity index is 638. The fourth-order valence-electron chi connectivity index (χ4n) is 1.71. The number of nitrogens with one attached hydrogen (secondary N) is 2. The summed E-state index contributed by atoms with van der Waals surface area (Å²) in [6.07, 6.45) is 0. The van der Waals surface area contributed by atoms with E-state index in [2.05, 4.69) is 15.6 Å². The molecule has 2 rings (SSSR count). The van der Waals surface area contributed by atoms with Crippen molar-refractivity contribution in [3.63, 3.8) is 0 Å².